The van der Waals surface area contributed by atoms with Crippen LogP contribution in [0.3, 0.4) is 0 Å². The van der Waals surface area contributed by atoms with Crippen molar-refractivity contribution in [3.8, 4) is 0 Å². The number of rotatable bonds is 10. The Morgan fingerprint density at radius 1 is 0.947 bits per heavy atom. The molecule has 13 nitrogen and oxygen atoms in total. The summed E-state index contributed by atoms with van der Waals surface area (Å²) in [5, 5.41) is 38.1. The molecule has 0 atom stereocenters. The third-order valence-corrected chi connectivity index (χ3v) is 1.85. The lowest BCUT2D eigenvalue weighted by molar-refractivity contribution is -0.738. The number of nitrogens with zero attached hydrogens (tertiary/aromatic N) is 6. The average molecular weight is 280 g/mol. The van der Waals surface area contributed by atoms with Crippen molar-refractivity contribution in [1.29, 1.82) is 0 Å². The topological polar surface area (TPSA) is 159 Å². The smallest absolute Gasteiger partial charge is 0.212 e. The highest BCUT2D eigenvalue weighted by Gasteiger charge is 2.29. The number of hydrogen-bond donors (Lipinski definition) is 1. The average Bonchev–Trinajstić information content (AvgIpc) is 2.31. The van der Waals surface area contributed by atoms with Gasteiger partial charge in [0.2, 0.25) is 13.3 Å². The first-order chi connectivity index (χ1) is 8.83. The largest absolute Gasteiger partial charge is 0.371 e. The summed E-state index contributed by atoms with van der Waals surface area (Å²) in [5.41, 5.74) is 0. The van der Waals surface area contributed by atoms with Crippen LogP contribution in [0.25, 0.3) is 0 Å². The maximum absolute atomic E-state index is 10.7. The summed E-state index contributed by atoms with van der Waals surface area (Å²) in [5.74, 6) is 0. The van der Waals surface area contributed by atoms with Gasteiger partial charge in [-0.3, -0.25) is 0 Å². The molecule has 0 aromatic rings. The summed E-state index contributed by atoms with van der Waals surface area (Å²) in [6, 6.07) is 0. The molecule has 0 unspecified atom stereocenters. The SMILES string of the molecule is C=CCN(CN(CN(CO)[N+](=O)[O-])[N+](=O)[O-])[N+](=O)[O-]. The first-order valence-corrected chi connectivity index (χ1v) is 4.73. The van der Waals surface area contributed by atoms with Crippen molar-refractivity contribution in [3.05, 3.63) is 43.0 Å². The molecule has 108 valence electrons. The molecule has 13 heteroatoms. The van der Waals surface area contributed by atoms with E-state index in [1.807, 2.05) is 0 Å². The fraction of sp³-hybridized carbons (Fsp3) is 0.667. The van der Waals surface area contributed by atoms with E-state index >= 15 is 0 Å². The van der Waals surface area contributed by atoms with Gasteiger partial charge in [0, 0.05) is 0 Å². The van der Waals surface area contributed by atoms with Crippen molar-refractivity contribution >= 4 is 0 Å². The maximum Gasteiger partial charge on any atom is 0.212 e. The van der Waals surface area contributed by atoms with E-state index in [4.69, 9.17) is 5.11 Å². The van der Waals surface area contributed by atoms with Crippen LogP contribution in [-0.4, -0.2) is 61.8 Å². The van der Waals surface area contributed by atoms with E-state index in [2.05, 4.69) is 6.58 Å². The maximum atomic E-state index is 10.7. The molecule has 0 bridgehead atoms. The van der Waals surface area contributed by atoms with Gasteiger partial charge in [-0.2, -0.15) is 0 Å². The van der Waals surface area contributed by atoms with E-state index in [1.165, 1.54) is 0 Å². The van der Waals surface area contributed by atoms with E-state index in [0.717, 1.165) is 6.08 Å². The van der Waals surface area contributed by atoms with Crippen molar-refractivity contribution < 1.29 is 20.2 Å². The number of aliphatic hydroxyl groups excluding tert-OH is 1. The van der Waals surface area contributed by atoms with Crippen molar-refractivity contribution in [2.45, 2.75) is 0 Å². The highest BCUT2D eigenvalue weighted by molar-refractivity contribution is 4.68. The lowest BCUT2D eigenvalue weighted by Gasteiger charge is -2.20. The Morgan fingerprint density at radius 3 is 1.68 bits per heavy atom. The molecule has 0 spiro atoms. The second kappa shape index (κ2) is 7.59. The molecule has 19 heavy (non-hydrogen) atoms. The van der Waals surface area contributed by atoms with Crippen molar-refractivity contribution in [2.75, 3.05) is 26.6 Å². The van der Waals surface area contributed by atoms with Crippen LogP contribution in [0.2, 0.25) is 0 Å². The van der Waals surface area contributed by atoms with Crippen molar-refractivity contribution in [2.24, 2.45) is 0 Å². The van der Waals surface area contributed by atoms with Gasteiger partial charge in [-0.25, -0.2) is 30.3 Å². The zero-order valence-electron chi connectivity index (χ0n) is 9.69. The molecule has 0 aromatic carbocycles. The highest BCUT2D eigenvalue weighted by atomic mass is 16.7. The molecule has 0 heterocycles. The molecule has 0 fully saturated rings. The van der Waals surface area contributed by atoms with Gasteiger partial charge in [0.15, 0.2) is 21.8 Å². The summed E-state index contributed by atoms with van der Waals surface area (Å²) in [6.45, 7) is 0.164. The summed E-state index contributed by atoms with van der Waals surface area (Å²) < 4.78 is 0. The Balaban J connectivity index is 4.81. The summed E-state index contributed by atoms with van der Waals surface area (Å²) in [7, 11) is 0. The minimum absolute atomic E-state index is 0.120. The monoisotopic (exact) mass is 280 g/mol. The lowest BCUT2D eigenvalue weighted by Crippen LogP contribution is -2.50. The van der Waals surface area contributed by atoms with Gasteiger partial charge >= 0.3 is 0 Å². The van der Waals surface area contributed by atoms with E-state index in [-0.39, 0.29) is 16.6 Å². The number of hydrogen-bond acceptors (Lipinski definition) is 7. The Morgan fingerprint density at radius 2 is 1.37 bits per heavy atom. The molecule has 0 aliphatic carbocycles. The summed E-state index contributed by atoms with van der Waals surface area (Å²) in [6.07, 6.45) is 1.15. The predicted octanol–water partition coefficient (Wildman–Crippen LogP) is -1.48. The Kier molecular flexibility index (Phi) is 6.51. The molecule has 0 radical (unpaired) electrons. The number of aliphatic hydroxyl groups is 1. The van der Waals surface area contributed by atoms with Crippen LogP contribution in [0.5, 0.6) is 0 Å². The molecular formula is C6H12N6O7. The minimum atomic E-state index is -1.07. The van der Waals surface area contributed by atoms with Crippen LogP contribution in [0, 0.1) is 30.3 Å². The van der Waals surface area contributed by atoms with Gasteiger partial charge in [-0.1, -0.05) is 21.1 Å². The van der Waals surface area contributed by atoms with E-state index in [0.29, 0.717) is 5.01 Å². The van der Waals surface area contributed by atoms with Crippen LogP contribution < -0.4 is 0 Å². The van der Waals surface area contributed by atoms with Crippen LogP contribution in [-0.2, 0) is 0 Å². The number of nitro groups is 3. The Labute approximate surface area is 106 Å². The minimum Gasteiger partial charge on any atom is -0.371 e. The summed E-state index contributed by atoms with van der Waals surface area (Å²) in [4.78, 5) is 31.6. The van der Waals surface area contributed by atoms with Crippen molar-refractivity contribution in [3.63, 3.8) is 0 Å². The first kappa shape index (κ1) is 16.3. The van der Waals surface area contributed by atoms with Gasteiger partial charge in [0.05, 0.1) is 6.54 Å². The van der Waals surface area contributed by atoms with Gasteiger partial charge in [-0.05, 0) is 0 Å². The molecule has 0 rings (SSSR count). The molecular weight excluding hydrogens is 268 g/mol. The number of hydrazine groups is 3. The molecule has 0 amide bonds. The zero-order valence-corrected chi connectivity index (χ0v) is 9.69. The molecule has 0 saturated heterocycles. The molecule has 0 saturated carbocycles. The van der Waals surface area contributed by atoms with Gasteiger partial charge in [0.1, 0.15) is 0 Å². The lowest BCUT2D eigenvalue weighted by atomic mass is 10.6. The van der Waals surface area contributed by atoms with Gasteiger partial charge < -0.3 is 5.11 Å². The van der Waals surface area contributed by atoms with Crippen LogP contribution in [0.15, 0.2) is 12.7 Å². The highest BCUT2D eigenvalue weighted by Crippen LogP contribution is 1.99. The third kappa shape index (κ3) is 5.44. The second-order valence-corrected chi connectivity index (χ2v) is 3.13. The first-order valence-electron chi connectivity index (χ1n) is 4.73. The van der Waals surface area contributed by atoms with Crippen LogP contribution in [0.4, 0.5) is 0 Å². The fourth-order valence-electron chi connectivity index (χ4n) is 0.998. The Hall–Kier alpha value is -2.70. The van der Waals surface area contributed by atoms with Crippen LogP contribution >= 0.6 is 0 Å². The van der Waals surface area contributed by atoms with Gasteiger partial charge in [-0.15, -0.1) is 6.58 Å². The molecule has 0 aliphatic heterocycles. The standard InChI is InChI=1S/C6H12N6O7/c1-2-3-7(10(14)15)4-8(11(16)17)5-9(6-13)12(18)19/h2,13H,1,3-6H2. The molecule has 0 aliphatic rings. The molecule has 0 aromatic heterocycles. The predicted molar refractivity (Wildman–Crippen MR) is 58.4 cm³/mol. The van der Waals surface area contributed by atoms with Gasteiger partial charge in [0.25, 0.3) is 0 Å². The quantitative estimate of drug-likeness (QED) is 0.216. The molecule has 1 N–H and O–H groups in total. The Bertz CT molecular complexity index is 362. The van der Waals surface area contributed by atoms with E-state index < -0.39 is 35.2 Å². The van der Waals surface area contributed by atoms with E-state index in [9.17, 15) is 30.3 Å². The normalized spacial score (nSPS) is 9.53. The van der Waals surface area contributed by atoms with Crippen LogP contribution in [0.1, 0.15) is 0 Å². The fourth-order valence-corrected chi connectivity index (χ4v) is 0.998. The van der Waals surface area contributed by atoms with Crippen molar-refractivity contribution in [1.82, 2.24) is 15.0 Å². The third-order valence-electron chi connectivity index (χ3n) is 1.85. The second-order valence-electron chi connectivity index (χ2n) is 3.13. The van der Waals surface area contributed by atoms with E-state index in [1.54, 1.807) is 0 Å². The zero-order chi connectivity index (χ0) is 15.0. The summed E-state index contributed by atoms with van der Waals surface area (Å²) >= 11 is 0.